The minimum absolute atomic E-state index is 0.498. The number of hydrogen-bond donors (Lipinski definition) is 1. The second-order valence-corrected chi connectivity index (χ2v) is 11.9. The van der Waals surface area contributed by atoms with Crippen molar-refractivity contribution in [3.8, 4) is 0 Å². The van der Waals surface area contributed by atoms with Gasteiger partial charge < -0.3 is 9.84 Å². The van der Waals surface area contributed by atoms with Crippen molar-refractivity contribution >= 4 is 0 Å². The lowest BCUT2D eigenvalue weighted by Gasteiger charge is -2.57. The Hall–Kier alpha value is -0.940. The topological polar surface area (TPSA) is 60.2 Å². The monoisotopic (exact) mass is 429 g/mol. The van der Waals surface area contributed by atoms with E-state index in [0.717, 1.165) is 49.0 Å². The number of nitrogens with zero attached hydrogens (tertiary/aromatic N) is 3. The molecule has 0 bridgehead atoms. The van der Waals surface area contributed by atoms with E-state index in [2.05, 4.69) is 24.2 Å². The molecule has 8 unspecified atom stereocenters. The van der Waals surface area contributed by atoms with Crippen molar-refractivity contribution in [3.63, 3.8) is 0 Å². The molecule has 9 atom stereocenters. The van der Waals surface area contributed by atoms with E-state index < -0.39 is 5.60 Å². The van der Waals surface area contributed by atoms with Gasteiger partial charge in [-0.15, -0.1) is 5.10 Å². The van der Waals surface area contributed by atoms with Crippen molar-refractivity contribution < 1.29 is 9.84 Å². The van der Waals surface area contributed by atoms with Crippen molar-refractivity contribution in [1.82, 2.24) is 15.0 Å². The molecule has 0 radical (unpaired) electrons. The van der Waals surface area contributed by atoms with Crippen molar-refractivity contribution in [2.45, 2.75) is 90.7 Å². The average Bonchev–Trinajstić information content (AvgIpc) is 3.39. The van der Waals surface area contributed by atoms with Gasteiger partial charge in [0.1, 0.15) is 0 Å². The molecule has 1 N–H and O–H groups in total. The minimum Gasteiger partial charge on any atom is -0.387 e. The van der Waals surface area contributed by atoms with Gasteiger partial charge in [0.2, 0.25) is 0 Å². The maximum absolute atomic E-state index is 11.1. The zero-order valence-corrected chi connectivity index (χ0v) is 19.9. The molecule has 0 spiro atoms. The van der Waals surface area contributed by atoms with E-state index in [1.165, 1.54) is 44.9 Å². The highest BCUT2D eigenvalue weighted by atomic mass is 16.5. The van der Waals surface area contributed by atoms with Gasteiger partial charge >= 0.3 is 0 Å². The lowest BCUT2D eigenvalue weighted by Crippen LogP contribution is -2.52. The fourth-order valence-corrected chi connectivity index (χ4v) is 9.11. The smallest absolute Gasteiger partial charge is 0.0883 e. The zero-order valence-electron chi connectivity index (χ0n) is 19.9. The van der Waals surface area contributed by atoms with E-state index >= 15 is 0 Å². The largest absolute Gasteiger partial charge is 0.387 e. The van der Waals surface area contributed by atoms with Gasteiger partial charge in [0.25, 0.3) is 0 Å². The molecule has 5 nitrogen and oxygen atoms in total. The summed E-state index contributed by atoms with van der Waals surface area (Å²) in [5, 5.41) is 19.3. The molecule has 0 saturated heterocycles. The highest BCUT2D eigenvalue weighted by molar-refractivity contribution is 5.07. The van der Waals surface area contributed by atoms with Crippen LogP contribution in [-0.4, -0.2) is 38.9 Å². The Kier molecular flexibility index (Phi) is 5.96. The first-order valence-corrected chi connectivity index (χ1v) is 13.1. The molecule has 5 rings (SSSR count). The van der Waals surface area contributed by atoms with Gasteiger partial charge in [-0.1, -0.05) is 19.1 Å². The van der Waals surface area contributed by atoms with Crippen LogP contribution in [0.3, 0.4) is 0 Å². The van der Waals surface area contributed by atoms with Crippen LogP contribution in [0.1, 0.15) is 78.6 Å². The van der Waals surface area contributed by atoms with Crippen LogP contribution < -0.4 is 0 Å². The number of aromatic nitrogens is 3. The van der Waals surface area contributed by atoms with Crippen LogP contribution in [0.25, 0.3) is 0 Å². The summed E-state index contributed by atoms with van der Waals surface area (Å²) in [6.45, 7) is 9.36. The van der Waals surface area contributed by atoms with Gasteiger partial charge in [-0.2, -0.15) is 0 Å². The molecule has 0 amide bonds. The number of fused-ring (bicyclic) bond motifs is 5. The summed E-state index contributed by atoms with van der Waals surface area (Å²) >= 11 is 0. The van der Waals surface area contributed by atoms with Crippen molar-refractivity contribution in [2.24, 2.45) is 46.8 Å². The maximum Gasteiger partial charge on any atom is 0.0883 e. The normalized spacial score (nSPS) is 45.5. The molecule has 4 aliphatic rings. The summed E-state index contributed by atoms with van der Waals surface area (Å²) in [7, 11) is 0. The van der Waals surface area contributed by atoms with Gasteiger partial charge in [-0.3, -0.25) is 4.68 Å². The summed E-state index contributed by atoms with van der Waals surface area (Å²) in [5.41, 5.74) is -0.0686. The van der Waals surface area contributed by atoms with Crippen LogP contribution in [-0.2, 0) is 11.3 Å². The standard InChI is InChI=1S/C26H43N3O2/c1-4-31-17-26(30)12-10-20-19(15-26)5-6-22-21(20)9-11-25(3)23(7-8-24(22)25)18(2)16-29-14-13-27-28-29/h13-14,18-24,30H,4-12,15-17H2,1-3H3/t18-,19?,20?,21?,22?,23?,24?,25?,26?/m1/s1. The van der Waals surface area contributed by atoms with Gasteiger partial charge in [-0.05, 0) is 112 Å². The molecule has 4 aliphatic carbocycles. The van der Waals surface area contributed by atoms with Crippen LogP contribution >= 0.6 is 0 Å². The number of ether oxygens (including phenoxy) is 1. The maximum atomic E-state index is 11.1. The van der Waals surface area contributed by atoms with Crippen LogP contribution in [0, 0.1) is 46.8 Å². The molecule has 5 heteroatoms. The Bertz CT molecular complexity index is 739. The van der Waals surface area contributed by atoms with E-state index in [1.54, 1.807) is 6.20 Å². The Labute approximate surface area is 188 Å². The Balaban J connectivity index is 1.26. The minimum atomic E-state index is -0.567. The van der Waals surface area contributed by atoms with Crippen molar-refractivity contribution in [2.75, 3.05) is 13.2 Å². The fourth-order valence-electron chi connectivity index (χ4n) is 9.11. The predicted octanol–water partition coefficient (Wildman–Crippen LogP) is 4.95. The first-order chi connectivity index (χ1) is 14.9. The second kappa shape index (κ2) is 8.44. The molecule has 0 aliphatic heterocycles. The molecular formula is C26H43N3O2. The molecule has 1 aromatic heterocycles. The summed E-state index contributed by atoms with van der Waals surface area (Å²) in [6.07, 6.45) is 15.3. The van der Waals surface area contributed by atoms with Crippen LogP contribution in [0.5, 0.6) is 0 Å². The Morgan fingerprint density at radius 3 is 2.71 bits per heavy atom. The summed E-state index contributed by atoms with van der Waals surface area (Å²) in [6, 6.07) is 0. The Morgan fingerprint density at radius 1 is 1.10 bits per heavy atom. The van der Waals surface area contributed by atoms with Crippen molar-refractivity contribution in [3.05, 3.63) is 12.4 Å². The summed E-state index contributed by atoms with van der Waals surface area (Å²) in [4.78, 5) is 0. The quantitative estimate of drug-likeness (QED) is 0.695. The van der Waals surface area contributed by atoms with Crippen LogP contribution in [0.4, 0.5) is 0 Å². The molecule has 1 heterocycles. The molecule has 4 fully saturated rings. The first kappa shape index (κ1) is 21.9. The first-order valence-electron chi connectivity index (χ1n) is 13.1. The van der Waals surface area contributed by atoms with Crippen molar-refractivity contribution in [1.29, 1.82) is 0 Å². The number of rotatable bonds is 6. The van der Waals surface area contributed by atoms with E-state index in [1.807, 2.05) is 17.8 Å². The predicted molar refractivity (Wildman–Crippen MR) is 121 cm³/mol. The van der Waals surface area contributed by atoms with Crippen LogP contribution in [0.15, 0.2) is 12.4 Å². The van der Waals surface area contributed by atoms with Crippen LogP contribution in [0.2, 0.25) is 0 Å². The molecule has 1 aromatic rings. The van der Waals surface area contributed by atoms with Gasteiger partial charge in [0, 0.05) is 19.3 Å². The van der Waals surface area contributed by atoms with Gasteiger partial charge in [0.05, 0.1) is 18.4 Å². The zero-order chi connectivity index (χ0) is 21.6. The fraction of sp³-hybridized carbons (Fsp3) is 0.923. The third-order valence-electron chi connectivity index (χ3n) is 10.4. The summed E-state index contributed by atoms with van der Waals surface area (Å²) < 4.78 is 7.68. The average molecular weight is 430 g/mol. The lowest BCUT2D eigenvalue weighted by atomic mass is 9.48. The summed E-state index contributed by atoms with van der Waals surface area (Å²) in [5.74, 6) is 5.75. The molecule has 0 aromatic carbocycles. The van der Waals surface area contributed by atoms with E-state index in [0.29, 0.717) is 30.5 Å². The molecule has 174 valence electrons. The van der Waals surface area contributed by atoms with E-state index in [-0.39, 0.29) is 0 Å². The van der Waals surface area contributed by atoms with Gasteiger partial charge in [0.15, 0.2) is 0 Å². The van der Waals surface area contributed by atoms with E-state index in [4.69, 9.17) is 4.74 Å². The third-order valence-corrected chi connectivity index (χ3v) is 10.4. The molecule has 4 saturated carbocycles. The highest BCUT2D eigenvalue weighted by Crippen LogP contribution is 2.65. The van der Waals surface area contributed by atoms with Gasteiger partial charge in [-0.25, -0.2) is 0 Å². The number of hydrogen-bond acceptors (Lipinski definition) is 4. The SMILES string of the molecule is CCOCC1(O)CCC2C(CCC3C2CCC2(C)C3CCC2[C@H](C)Cn2ccnn2)C1. The molecule has 31 heavy (non-hydrogen) atoms. The second-order valence-electron chi connectivity index (χ2n) is 11.9. The highest BCUT2D eigenvalue weighted by Gasteiger charge is 2.58. The Morgan fingerprint density at radius 2 is 1.94 bits per heavy atom. The lowest BCUT2D eigenvalue weighted by molar-refractivity contribution is -0.129. The van der Waals surface area contributed by atoms with E-state index in [9.17, 15) is 5.11 Å². The molecular weight excluding hydrogens is 386 g/mol. The third kappa shape index (κ3) is 3.88. The number of aliphatic hydroxyl groups is 1.